The summed E-state index contributed by atoms with van der Waals surface area (Å²) in [5.74, 6) is 2.20. The van der Waals surface area contributed by atoms with Gasteiger partial charge in [0.05, 0.1) is 6.26 Å². The van der Waals surface area contributed by atoms with E-state index >= 15 is 0 Å². The van der Waals surface area contributed by atoms with Crippen molar-refractivity contribution in [2.45, 2.75) is 39.8 Å². The molecule has 1 aromatic carbocycles. The van der Waals surface area contributed by atoms with Crippen molar-refractivity contribution in [1.29, 1.82) is 0 Å². The van der Waals surface area contributed by atoms with Crippen LogP contribution in [0.25, 0.3) is 0 Å². The van der Waals surface area contributed by atoms with Gasteiger partial charge >= 0.3 is 0 Å². The van der Waals surface area contributed by atoms with E-state index in [9.17, 15) is 0 Å². The van der Waals surface area contributed by atoms with Crippen molar-refractivity contribution in [2.75, 3.05) is 0 Å². The SMILES string of the molecule is Cc1ccc(C(C)C)cc1OCc1occc1CN. The summed E-state index contributed by atoms with van der Waals surface area (Å²) >= 11 is 0. The third-order valence-electron chi connectivity index (χ3n) is 3.30. The molecule has 0 bridgehead atoms. The topological polar surface area (TPSA) is 48.4 Å². The van der Waals surface area contributed by atoms with E-state index in [0.29, 0.717) is 19.1 Å². The quantitative estimate of drug-likeness (QED) is 0.889. The molecule has 0 radical (unpaired) electrons. The summed E-state index contributed by atoms with van der Waals surface area (Å²) in [6.07, 6.45) is 1.65. The van der Waals surface area contributed by atoms with Gasteiger partial charge in [-0.3, -0.25) is 0 Å². The second kappa shape index (κ2) is 5.93. The first-order chi connectivity index (χ1) is 9.11. The molecule has 102 valence electrons. The Morgan fingerprint density at radius 2 is 2.05 bits per heavy atom. The number of hydrogen-bond donors (Lipinski definition) is 1. The van der Waals surface area contributed by atoms with E-state index in [1.165, 1.54) is 5.56 Å². The lowest BCUT2D eigenvalue weighted by Crippen LogP contribution is -2.03. The maximum Gasteiger partial charge on any atom is 0.146 e. The number of furan rings is 1. The van der Waals surface area contributed by atoms with Gasteiger partial charge in [0.2, 0.25) is 0 Å². The number of rotatable bonds is 5. The van der Waals surface area contributed by atoms with Gasteiger partial charge < -0.3 is 14.9 Å². The van der Waals surface area contributed by atoms with E-state index in [0.717, 1.165) is 22.6 Å². The van der Waals surface area contributed by atoms with Crippen LogP contribution < -0.4 is 10.5 Å². The Balaban J connectivity index is 2.13. The average Bonchev–Trinajstić information content (AvgIpc) is 2.85. The van der Waals surface area contributed by atoms with Gasteiger partial charge in [0.15, 0.2) is 0 Å². The van der Waals surface area contributed by atoms with E-state index in [1.54, 1.807) is 6.26 Å². The van der Waals surface area contributed by atoms with Crippen molar-refractivity contribution in [1.82, 2.24) is 0 Å². The molecule has 2 rings (SSSR count). The molecule has 0 aliphatic carbocycles. The first-order valence-electron chi connectivity index (χ1n) is 6.60. The highest BCUT2D eigenvalue weighted by Gasteiger charge is 2.08. The standard InChI is InChI=1S/C16H21NO2/c1-11(2)13-5-4-12(3)15(8-13)19-10-16-14(9-17)6-7-18-16/h4-8,11H,9-10,17H2,1-3H3. The number of aryl methyl sites for hydroxylation is 1. The molecule has 1 heterocycles. The Labute approximate surface area is 114 Å². The number of ether oxygens (including phenoxy) is 1. The normalized spacial score (nSPS) is 11.0. The van der Waals surface area contributed by atoms with Crippen LogP contribution in [0.5, 0.6) is 5.75 Å². The highest BCUT2D eigenvalue weighted by Crippen LogP contribution is 2.25. The predicted octanol–water partition coefficient (Wildman–Crippen LogP) is 3.75. The van der Waals surface area contributed by atoms with Crippen molar-refractivity contribution in [3.8, 4) is 5.75 Å². The van der Waals surface area contributed by atoms with Crippen molar-refractivity contribution in [3.05, 3.63) is 53.0 Å². The number of nitrogens with two attached hydrogens (primary N) is 1. The largest absolute Gasteiger partial charge is 0.485 e. The minimum atomic E-state index is 0.419. The maximum absolute atomic E-state index is 5.87. The lowest BCUT2D eigenvalue weighted by atomic mass is 10.0. The first-order valence-corrected chi connectivity index (χ1v) is 6.60. The molecule has 0 saturated heterocycles. The molecule has 0 aliphatic heterocycles. The highest BCUT2D eigenvalue weighted by atomic mass is 16.5. The van der Waals surface area contributed by atoms with Crippen LogP contribution in [0.1, 0.15) is 42.2 Å². The fourth-order valence-corrected chi connectivity index (χ4v) is 1.95. The molecule has 0 atom stereocenters. The average molecular weight is 259 g/mol. The van der Waals surface area contributed by atoms with E-state index < -0.39 is 0 Å². The molecule has 2 aromatic rings. The van der Waals surface area contributed by atoms with Gasteiger partial charge in [-0.15, -0.1) is 0 Å². The maximum atomic E-state index is 5.87. The van der Waals surface area contributed by atoms with E-state index in [4.69, 9.17) is 14.9 Å². The van der Waals surface area contributed by atoms with Crippen molar-refractivity contribution >= 4 is 0 Å². The second-order valence-electron chi connectivity index (χ2n) is 5.04. The molecule has 3 heteroatoms. The smallest absolute Gasteiger partial charge is 0.146 e. The molecule has 0 unspecified atom stereocenters. The molecule has 3 nitrogen and oxygen atoms in total. The summed E-state index contributed by atoms with van der Waals surface area (Å²) in [5.41, 5.74) is 9.05. The van der Waals surface area contributed by atoms with Crippen molar-refractivity contribution in [3.63, 3.8) is 0 Å². The van der Waals surface area contributed by atoms with Gasteiger partial charge in [0, 0.05) is 12.1 Å². The lowest BCUT2D eigenvalue weighted by molar-refractivity contribution is 0.266. The van der Waals surface area contributed by atoms with Gasteiger partial charge in [-0.2, -0.15) is 0 Å². The Kier molecular flexibility index (Phi) is 4.27. The summed E-state index contributed by atoms with van der Waals surface area (Å²) in [5, 5.41) is 0. The van der Waals surface area contributed by atoms with E-state index in [-0.39, 0.29) is 0 Å². The van der Waals surface area contributed by atoms with E-state index in [2.05, 4.69) is 32.0 Å². The Hall–Kier alpha value is -1.74. The fourth-order valence-electron chi connectivity index (χ4n) is 1.95. The van der Waals surface area contributed by atoms with Gasteiger partial charge in [-0.25, -0.2) is 0 Å². The molecule has 1 aromatic heterocycles. The molecular formula is C16H21NO2. The molecule has 0 fully saturated rings. The number of benzene rings is 1. The summed E-state index contributed by atoms with van der Waals surface area (Å²) in [7, 11) is 0. The first kappa shape index (κ1) is 13.7. The molecule has 0 aliphatic rings. The van der Waals surface area contributed by atoms with Gasteiger partial charge in [0.1, 0.15) is 18.1 Å². The Morgan fingerprint density at radius 1 is 1.26 bits per heavy atom. The van der Waals surface area contributed by atoms with Gasteiger partial charge in [-0.1, -0.05) is 26.0 Å². The zero-order valence-corrected chi connectivity index (χ0v) is 11.8. The van der Waals surface area contributed by atoms with Crippen LogP contribution in [0.4, 0.5) is 0 Å². The van der Waals surface area contributed by atoms with Gasteiger partial charge in [0.25, 0.3) is 0 Å². The molecule has 0 amide bonds. The van der Waals surface area contributed by atoms with Crippen LogP contribution >= 0.6 is 0 Å². The van der Waals surface area contributed by atoms with Gasteiger partial charge in [-0.05, 0) is 36.1 Å². The summed E-state index contributed by atoms with van der Waals surface area (Å²) < 4.78 is 11.3. The van der Waals surface area contributed by atoms with Crippen LogP contribution in [0.2, 0.25) is 0 Å². The monoisotopic (exact) mass is 259 g/mol. The fraction of sp³-hybridized carbons (Fsp3) is 0.375. The zero-order chi connectivity index (χ0) is 13.8. The van der Waals surface area contributed by atoms with Crippen LogP contribution in [0.15, 0.2) is 34.9 Å². The Morgan fingerprint density at radius 3 is 2.74 bits per heavy atom. The van der Waals surface area contributed by atoms with Crippen LogP contribution in [-0.4, -0.2) is 0 Å². The van der Waals surface area contributed by atoms with Crippen LogP contribution in [0, 0.1) is 6.92 Å². The van der Waals surface area contributed by atoms with Crippen LogP contribution in [0.3, 0.4) is 0 Å². The molecule has 19 heavy (non-hydrogen) atoms. The molecule has 0 saturated carbocycles. The summed E-state index contributed by atoms with van der Waals surface area (Å²) in [4.78, 5) is 0. The minimum Gasteiger partial charge on any atom is -0.485 e. The summed E-state index contributed by atoms with van der Waals surface area (Å²) in [6.45, 7) is 7.29. The number of hydrogen-bond acceptors (Lipinski definition) is 3. The molecular weight excluding hydrogens is 238 g/mol. The third kappa shape index (κ3) is 3.18. The second-order valence-corrected chi connectivity index (χ2v) is 5.04. The van der Waals surface area contributed by atoms with E-state index in [1.807, 2.05) is 13.0 Å². The summed E-state index contributed by atoms with van der Waals surface area (Å²) in [6, 6.07) is 8.23. The molecule has 0 spiro atoms. The third-order valence-corrected chi connectivity index (χ3v) is 3.30. The molecule has 2 N–H and O–H groups in total. The zero-order valence-electron chi connectivity index (χ0n) is 11.8. The lowest BCUT2D eigenvalue weighted by Gasteiger charge is -2.12. The highest BCUT2D eigenvalue weighted by molar-refractivity contribution is 5.38. The van der Waals surface area contributed by atoms with Crippen molar-refractivity contribution < 1.29 is 9.15 Å². The predicted molar refractivity (Wildman–Crippen MR) is 76.2 cm³/mol. The Bertz CT molecular complexity index is 543. The van der Waals surface area contributed by atoms with Crippen molar-refractivity contribution in [2.24, 2.45) is 5.73 Å². The minimum absolute atomic E-state index is 0.419. The van der Waals surface area contributed by atoms with Crippen LogP contribution in [-0.2, 0) is 13.2 Å².